The minimum Gasteiger partial charge on any atom is -0.396 e. The van der Waals surface area contributed by atoms with E-state index in [1.165, 1.54) is 5.56 Å². The van der Waals surface area contributed by atoms with Gasteiger partial charge in [0.2, 0.25) is 10.0 Å². The molecule has 1 aliphatic heterocycles. The van der Waals surface area contributed by atoms with Crippen molar-refractivity contribution in [3.8, 4) is 0 Å². The molecule has 0 amide bonds. The predicted molar refractivity (Wildman–Crippen MR) is 77.0 cm³/mol. The Bertz CT molecular complexity index is 540. The number of aliphatic hydroxyl groups is 1. The van der Waals surface area contributed by atoms with Crippen LogP contribution in [-0.2, 0) is 16.4 Å². The number of nitrogens with zero attached hydrogens (tertiary/aromatic N) is 1. The summed E-state index contributed by atoms with van der Waals surface area (Å²) in [5.41, 5.74) is 3.12. The van der Waals surface area contributed by atoms with Crippen LogP contribution >= 0.6 is 0 Å². The number of aryl methyl sites for hydroxylation is 2. The van der Waals surface area contributed by atoms with Crippen molar-refractivity contribution in [2.45, 2.75) is 32.6 Å². The van der Waals surface area contributed by atoms with E-state index in [0.717, 1.165) is 24.1 Å². The van der Waals surface area contributed by atoms with Gasteiger partial charge >= 0.3 is 0 Å². The predicted octanol–water partition coefficient (Wildman–Crippen LogP) is 1.85. The molecule has 1 aromatic rings. The number of aliphatic hydroxyl groups excluding tert-OH is 1. The van der Waals surface area contributed by atoms with Gasteiger partial charge in [-0.25, -0.2) is 8.42 Å². The van der Waals surface area contributed by atoms with Crippen molar-refractivity contribution < 1.29 is 13.5 Å². The molecule has 0 unspecified atom stereocenters. The van der Waals surface area contributed by atoms with Crippen LogP contribution in [0.4, 0.5) is 5.69 Å². The zero-order chi connectivity index (χ0) is 13.9. The van der Waals surface area contributed by atoms with Crippen LogP contribution in [0.15, 0.2) is 18.2 Å². The molecule has 1 heterocycles. The number of anilines is 1. The maximum atomic E-state index is 12.4. The summed E-state index contributed by atoms with van der Waals surface area (Å²) in [5.74, 6) is 0.112. The van der Waals surface area contributed by atoms with Crippen LogP contribution in [0.1, 0.15) is 30.4 Å². The van der Waals surface area contributed by atoms with E-state index >= 15 is 0 Å². The number of hydrogen-bond donors (Lipinski definition) is 1. The summed E-state index contributed by atoms with van der Waals surface area (Å²) < 4.78 is 26.2. The van der Waals surface area contributed by atoms with E-state index < -0.39 is 10.0 Å². The Morgan fingerprint density at radius 2 is 2.11 bits per heavy atom. The summed E-state index contributed by atoms with van der Waals surface area (Å²) in [6.45, 7) is 2.64. The van der Waals surface area contributed by atoms with Gasteiger partial charge in [0, 0.05) is 13.2 Å². The van der Waals surface area contributed by atoms with Gasteiger partial charge in [-0.2, -0.15) is 0 Å². The first kappa shape index (κ1) is 14.3. The molecule has 19 heavy (non-hydrogen) atoms. The molecule has 0 bridgehead atoms. The molecule has 0 radical (unpaired) electrons. The zero-order valence-corrected chi connectivity index (χ0v) is 12.1. The minimum atomic E-state index is -3.26. The van der Waals surface area contributed by atoms with Crippen LogP contribution in [0.3, 0.4) is 0 Å². The van der Waals surface area contributed by atoms with Gasteiger partial charge in [-0.15, -0.1) is 0 Å². The van der Waals surface area contributed by atoms with E-state index in [-0.39, 0.29) is 12.4 Å². The summed E-state index contributed by atoms with van der Waals surface area (Å²) in [6.07, 6.45) is 2.86. The Balaban J connectivity index is 2.23. The number of hydrogen-bond acceptors (Lipinski definition) is 3. The summed E-state index contributed by atoms with van der Waals surface area (Å²) in [7, 11) is -3.26. The van der Waals surface area contributed by atoms with Gasteiger partial charge < -0.3 is 5.11 Å². The van der Waals surface area contributed by atoms with Crippen molar-refractivity contribution in [1.29, 1.82) is 0 Å². The lowest BCUT2D eigenvalue weighted by Gasteiger charge is -2.30. The molecule has 4 nitrogen and oxygen atoms in total. The van der Waals surface area contributed by atoms with Gasteiger partial charge in [0.15, 0.2) is 0 Å². The summed E-state index contributed by atoms with van der Waals surface area (Å²) in [5, 5.41) is 8.75. The molecule has 0 fully saturated rings. The van der Waals surface area contributed by atoms with Gasteiger partial charge in [0.1, 0.15) is 0 Å². The maximum Gasteiger partial charge on any atom is 0.235 e. The van der Waals surface area contributed by atoms with Gasteiger partial charge in [-0.1, -0.05) is 17.7 Å². The second-order valence-electron chi connectivity index (χ2n) is 5.05. The first-order chi connectivity index (χ1) is 9.04. The molecule has 0 aliphatic carbocycles. The molecule has 0 atom stereocenters. The van der Waals surface area contributed by atoms with Crippen LogP contribution in [0, 0.1) is 6.92 Å². The lowest BCUT2D eigenvalue weighted by Crippen LogP contribution is -2.37. The Hall–Kier alpha value is -1.07. The number of benzene rings is 1. The molecular weight excluding hydrogens is 262 g/mol. The molecule has 1 aliphatic rings. The third kappa shape index (κ3) is 3.28. The molecule has 5 heteroatoms. The van der Waals surface area contributed by atoms with E-state index in [1.54, 1.807) is 4.31 Å². The van der Waals surface area contributed by atoms with Gasteiger partial charge in [0.25, 0.3) is 0 Å². The summed E-state index contributed by atoms with van der Waals surface area (Å²) in [4.78, 5) is 0. The fourth-order valence-electron chi connectivity index (χ4n) is 2.49. The largest absolute Gasteiger partial charge is 0.396 e. The number of sulfonamides is 1. The minimum absolute atomic E-state index is 0.0469. The second-order valence-corrected chi connectivity index (χ2v) is 7.07. The molecular formula is C14H21NO3S. The third-order valence-corrected chi connectivity index (χ3v) is 5.31. The Labute approximate surface area is 115 Å². The molecule has 2 rings (SSSR count). The highest BCUT2D eigenvalue weighted by atomic mass is 32.2. The van der Waals surface area contributed by atoms with Gasteiger partial charge in [-0.3, -0.25) is 4.31 Å². The average Bonchev–Trinajstić information content (AvgIpc) is 2.37. The van der Waals surface area contributed by atoms with Crippen LogP contribution in [0.5, 0.6) is 0 Å². The molecule has 1 N–H and O–H groups in total. The van der Waals surface area contributed by atoms with Crippen LogP contribution in [0.25, 0.3) is 0 Å². The fraction of sp³-hybridized carbons (Fsp3) is 0.571. The fourth-order valence-corrected chi connectivity index (χ4v) is 4.16. The van der Waals surface area contributed by atoms with E-state index in [9.17, 15) is 8.42 Å². The topological polar surface area (TPSA) is 57.6 Å². The van der Waals surface area contributed by atoms with Gasteiger partial charge in [-0.05, 0) is 44.2 Å². The number of unbranched alkanes of at least 4 members (excludes halogenated alkanes) is 1. The van der Waals surface area contributed by atoms with E-state index in [2.05, 4.69) is 6.07 Å². The molecule has 0 saturated carbocycles. The highest BCUT2D eigenvalue weighted by Gasteiger charge is 2.26. The Kier molecular flexibility index (Phi) is 4.47. The van der Waals surface area contributed by atoms with Crippen molar-refractivity contribution in [3.63, 3.8) is 0 Å². The molecule has 1 aromatic carbocycles. The standard InChI is InChI=1S/C14H21NO3S/c1-12-6-7-14-13(11-12)5-4-8-15(14)19(17,18)10-3-2-9-16/h6-7,11,16H,2-5,8-10H2,1H3. The quantitative estimate of drug-likeness (QED) is 0.839. The monoisotopic (exact) mass is 283 g/mol. The van der Waals surface area contributed by atoms with E-state index in [1.807, 2.05) is 19.1 Å². The van der Waals surface area contributed by atoms with Crippen molar-refractivity contribution in [2.24, 2.45) is 0 Å². The van der Waals surface area contributed by atoms with Crippen LogP contribution in [0.2, 0.25) is 0 Å². The smallest absolute Gasteiger partial charge is 0.235 e. The van der Waals surface area contributed by atoms with Crippen molar-refractivity contribution in [3.05, 3.63) is 29.3 Å². The van der Waals surface area contributed by atoms with Crippen molar-refractivity contribution in [2.75, 3.05) is 23.2 Å². The summed E-state index contributed by atoms with van der Waals surface area (Å²) >= 11 is 0. The van der Waals surface area contributed by atoms with Crippen LogP contribution < -0.4 is 4.31 Å². The number of rotatable bonds is 5. The third-order valence-electron chi connectivity index (χ3n) is 3.46. The highest BCUT2D eigenvalue weighted by molar-refractivity contribution is 7.92. The second kappa shape index (κ2) is 5.92. The van der Waals surface area contributed by atoms with E-state index in [4.69, 9.17) is 5.11 Å². The average molecular weight is 283 g/mol. The number of fused-ring (bicyclic) bond motifs is 1. The SMILES string of the molecule is Cc1ccc2c(c1)CCCN2S(=O)(=O)CCCCO. The lowest BCUT2D eigenvalue weighted by molar-refractivity contribution is 0.287. The van der Waals surface area contributed by atoms with Crippen LogP contribution in [-0.4, -0.2) is 32.4 Å². The first-order valence-corrected chi connectivity index (χ1v) is 8.36. The normalized spacial score (nSPS) is 15.4. The van der Waals surface area contributed by atoms with E-state index in [0.29, 0.717) is 19.4 Å². The highest BCUT2D eigenvalue weighted by Crippen LogP contribution is 2.30. The zero-order valence-electron chi connectivity index (χ0n) is 11.3. The first-order valence-electron chi connectivity index (χ1n) is 6.75. The van der Waals surface area contributed by atoms with Crippen molar-refractivity contribution >= 4 is 15.7 Å². The Morgan fingerprint density at radius 1 is 1.32 bits per heavy atom. The molecule has 0 saturated heterocycles. The molecule has 0 spiro atoms. The lowest BCUT2D eigenvalue weighted by atomic mass is 10.0. The maximum absolute atomic E-state index is 12.4. The van der Waals surface area contributed by atoms with Gasteiger partial charge in [0.05, 0.1) is 11.4 Å². The van der Waals surface area contributed by atoms with Crippen molar-refractivity contribution in [1.82, 2.24) is 0 Å². The molecule has 0 aromatic heterocycles. The summed E-state index contributed by atoms with van der Waals surface area (Å²) in [6, 6.07) is 5.94. The molecule has 106 valence electrons. The Morgan fingerprint density at radius 3 is 2.84 bits per heavy atom.